The standard InChI is InChI=1S/C18H29NO4/c1-12-8-9-15-14(11-16(23-15)18(21)22-2)19(12)17(20)10-13-6-4-3-5-7-13/h12-16H,3-11H2,1-2H3/t12-,14+,15-,16-/m0/s1. The third-order valence-corrected chi connectivity index (χ3v) is 5.87. The average molecular weight is 323 g/mol. The molecule has 1 aliphatic carbocycles. The minimum absolute atomic E-state index is 0.00870. The molecular formula is C18H29NO4. The van der Waals surface area contributed by atoms with Crippen molar-refractivity contribution in [1.29, 1.82) is 0 Å². The summed E-state index contributed by atoms with van der Waals surface area (Å²) >= 11 is 0. The SMILES string of the molecule is COC(=O)[C@@H]1C[C@@H]2[C@H](CC[C@H](C)N2C(=O)CC2CCCCC2)O1. The normalized spacial score (nSPS) is 35.0. The Kier molecular flexibility index (Phi) is 5.24. The quantitative estimate of drug-likeness (QED) is 0.749. The Morgan fingerprint density at radius 1 is 1.13 bits per heavy atom. The summed E-state index contributed by atoms with van der Waals surface area (Å²) in [6.45, 7) is 2.13. The molecule has 2 aliphatic heterocycles. The molecule has 23 heavy (non-hydrogen) atoms. The molecule has 0 spiro atoms. The van der Waals surface area contributed by atoms with Gasteiger partial charge in [-0.15, -0.1) is 0 Å². The number of fused-ring (bicyclic) bond motifs is 1. The predicted octanol–water partition coefficient (Wildman–Crippen LogP) is 2.67. The molecule has 0 aromatic carbocycles. The van der Waals surface area contributed by atoms with Crippen LogP contribution in [-0.4, -0.2) is 48.2 Å². The summed E-state index contributed by atoms with van der Waals surface area (Å²) in [5, 5.41) is 0. The highest BCUT2D eigenvalue weighted by Crippen LogP contribution is 2.37. The lowest BCUT2D eigenvalue weighted by Crippen LogP contribution is -2.53. The molecule has 0 N–H and O–H groups in total. The second-order valence-electron chi connectivity index (χ2n) is 7.42. The fraction of sp³-hybridized carbons (Fsp3) is 0.889. The number of hydrogen-bond donors (Lipinski definition) is 0. The van der Waals surface area contributed by atoms with Crippen LogP contribution >= 0.6 is 0 Å². The van der Waals surface area contributed by atoms with Crippen molar-refractivity contribution in [3.05, 3.63) is 0 Å². The zero-order valence-electron chi connectivity index (χ0n) is 14.3. The molecule has 1 amide bonds. The molecule has 3 aliphatic rings. The Morgan fingerprint density at radius 2 is 1.87 bits per heavy atom. The van der Waals surface area contributed by atoms with Crippen LogP contribution < -0.4 is 0 Å². The maximum absolute atomic E-state index is 12.9. The van der Waals surface area contributed by atoms with Crippen molar-refractivity contribution in [2.45, 2.75) is 89.0 Å². The lowest BCUT2D eigenvalue weighted by Gasteiger charge is -2.42. The molecule has 4 atom stereocenters. The number of hydrogen-bond acceptors (Lipinski definition) is 4. The number of ether oxygens (including phenoxy) is 2. The summed E-state index contributed by atoms with van der Waals surface area (Å²) < 4.78 is 10.7. The van der Waals surface area contributed by atoms with E-state index in [2.05, 4.69) is 6.92 Å². The number of piperidine rings is 1. The maximum atomic E-state index is 12.9. The molecule has 0 aromatic heterocycles. The van der Waals surface area contributed by atoms with E-state index in [1.807, 2.05) is 4.90 Å². The first-order chi connectivity index (χ1) is 11.1. The van der Waals surface area contributed by atoms with Gasteiger partial charge in [0.25, 0.3) is 0 Å². The van der Waals surface area contributed by atoms with E-state index in [4.69, 9.17) is 9.47 Å². The minimum atomic E-state index is -0.509. The van der Waals surface area contributed by atoms with Crippen molar-refractivity contribution >= 4 is 11.9 Å². The Labute approximate surface area is 138 Å². The van der Waals surface area contributed by atoms with Gasteiger partial charge in [0.1, 0.15) is 0 Å². The highest BCUT2D eigenvalue weighted by molar-refractivity contribution is 5.78. The van der Waals surface area contributed by atoms with Gasteiger partial charge in [0.15, 0.2) is 6.10 Å². The van der Waals surface area contributed by atoms with Gasteiger partial charge in [-0.1, -0.05) is 19.3 Å². The summed E-state index contributed by atoms with van der Waals surface area (Å²) in [7, 11) is 1.39. The number of amides is 1. The summed E-state index contributed by atoms with van der Waals surface area (Å²) in [5.74, 6) is 0.488. The van der Waals surface area contributed by atoms with Crippen LogP contribution in [0.5, 0.6) is 0 Å². The summed E-state index contributed by atoms with van der Waals surface area (Å²) in [4.78, 5) is 26.7. The predicted molar refractivity (Wildman–Crippen MR) is 85.8 cm³/mol. The van der Waals surface area contributed by atoms with Crippen LogP contribution in [0.15, 0.2) is 0 Å². The van der Waals surface area contributed by atoms with Crippen LogP contribution in [0.4, 0.5) is 0 Å². The van der Waals surface area contributed by atoms with Crippen molar-refractivity contribution in [2.24, 2.45) is 5.92 Å². The molecule has 1 saturated carbocycles. The third kappa shape index (κ3) is 3.54. The van der Waals surface area contributed by atoms with E-state index in [9.17, 15) is 9.59 Å². The summed E-state index contributed by atoms with van der Waals surface area (Å²) in [6.07, 6.45) is 8.79. The van der Waals surface area contributed by atoms with Crippen molar-refractivity contribution in [1.82, 2.24) is 4.90 Å². The van der Waals surface area contributed by atoms with E-state index in [1.54, 1.807) is 0 Å². The van der Waals surface area contributed by atoms with Crippen LogP contribution in [0.3, 0.4) is 0 Å². The lowest BCUT2D eigenvalue weighted by molar-refractivity contribution is -0.154. The molecule has 3 fully saturated rings. The van der Waals surface area contributed by atoms with Gasteiger partial charge in [-0.3, -0.25) is 4.79 Å². The zero-order valence-corrected chi connectivity index (χ0v) is 14.3. The molecule has 5 heteroatoms. The molecular weight excluding hydrogens is 294 g/mol. The van der Waals surface area contributed by atoms with Gasteiger partial charge < -0.3 is 14.4 Å². The summed E-state index contributed by atoms with van der Waals surface area (Å²) in [5.41, 5.74) is 0. The Morgan fingerprint density at radius 3 is 2.57 bits per heavy atom. The van der Waals surface area contributed by atoms with Gasteiger partial charge in [0, 0.05) is 18.9 Å². The number of nitrogens with zero attached hydrogens (tertiary/aromatic N) is 1. The number of carbonyl (C=O) groups excluding carboxylic acids is 2. The molecule has 0 bridgehead atoms. The number of rotatable bonds is 3. The fourth-order valence-corrected chi connectivity index (χ4v) is 4.61. The van der Waals surface area contributed by atoms with Gasteiger partial charge in [0.05, 0.1) is 19.3 Å². The van der Waals surface area contributed by atoms with E-state index in [1.165, 1.54) is 39.2 Å². The second-order valence-corrected chi connectivity index (χ2v) is 7.42. The molecule has 130 valence electrons. The maximum Gasteiger partial charge on any atom is 0.335 e. The molecule has 2 heterocycles. The summed E-state index contributed by atoms with van der Waals surface area (Å²) in [6, 6.07) is 0.284. The monoisotopic (exact) mass is 323 g/mol. The zero-order chi connectivity index (χ0) is 16.4. The van der Waals surface area contributed by atoms with Crippen molar-refractivity contribution in [2.75, 3.05) is 7.11 Å². The second kappa shape index (κ2) is 7.20. The van der Waals surface area contributed by atoms with E-state index in [0.717, 1.165) is 12.8 Å². The van der Waals surface area contributed by atoms with E-state index in [-0.39, 0.29) is 30.1 Å². The van der Waals surface area contributed by atoms with E-state index < -0.39 is 6.10 Å². The van der Waals surface area contributed by atoms with Crippen LogP contribution in [0.2, 0.25) is 0 Å². The molecule has 0 unspecified atom stereocenters. The van der Waals surface area contributed by atoms with E-state index >= 15 is 0 Å². The Hall–Kier alpha value is -1.10. The van der Waals surface area contributed by atoms with Crippen LogP contribution in [-0.2, 0) is 19.1 Å². The van der Waals surface area contributed by atoms with Crippen molar-refractivity contribution in [3.8, 4) is 0 Å². The largest absolute Gasteiger partial charge is 0.467 e. The highest BCUT2D eigenvalue weighted by Gasteiger charge is 2.47. The van der Waals surface area contributed by atoms with Crippen molar-refractivity contribution < 1.29 is 19.1 Å². The van der Waals surface area contributed by atoms with Gasteiger partial charge in [-0.25, -0.2) is 4.79 Å². The molecule has 2 saturated heterocycles. The first kappa shape index (κ1) is 16.7. The molecule has 5 nitrogen and oxygen atoms in total. The minimum Gasteiger partial charge on any atom is -0.467 e. The van der Waals surface area contributed by atoms with Gasteiger partial charge in [-0.2, -0.15) is 0 Å². The van der Waals surface area contributed by atoms with E-state index in [0.29, 0.717) is 18.8 Å². The topological polar surface area (TPSA) is 55.8 Å². The Bertz CT molecular complexity index is 446. The van der Waals surface area contributed by atoms with Crippen LogP contribution in [0.1, 0.15) is 64.7 Å². The van der Waals surface area contributed by atoms with Crippen molar-refractivity contribution in [3.63, 3.8) is 0 Å². The molecule has 0 aromatic rings. The smallest absolute Gasteiger partial charge is 0.335 e. The highest BCUT2D eigenvalue weighted by atomic mass is 16.6. The number of carbonyl (C=O) groups is 2. The van der Waals surface area contributed by atoms with Gasteiger partial charge in [0.2, 0.25) is 5.91 Å². The van der Waals surface area contributed by atoms with Gasteiger partial charge >= 0.3 is 5.97 Å². The van der Waals surface area contributed by atoms with Gasteiger partial charge in [-0.05, 0) is 38.5 Å². The fourth-order valence-electron chi connectivity index (χ4n) is 4.61. The van der Waals surface area contributed by atoms with Crippen LogP contribution in [0.25, 0.3) is 0 Å². The molecule has 3 rings (SSSR count). The first-order valence-corrected chi connectivity index (χ1v) is 9.14. The number of likely N-dealkylation sites (tertiary alicyclic amines) is 1. The number of esters is 1. The average Bonchev–Trinajstić information content (AvgIpc) is 2.98. The Balaban J connectivity index is 1.66. The number of methoxy groups -OCH3 is 1. The molecule has 0 radical (unpaired) electrons. The first-order valence-electron chi connectivity index (χ1n) is 9.14. The van der Waals surface area contributed by atoms with Crippen LogP contribution in [0, 0.1) is 5.92 Å². The third-order valence-electron chi connectivity index (χ3n) is 5.87. The lowest BCUT2D eigenvalue weighted by atomic mass is 9.85.